The number of anilines is 1. The topological polar surface area (TPSA) is 20.2 Å². The molecule has 4 rings (SSSR count). The molecule has 1 N–H and O–H groups in total. The summed E-state index contributed by atoms with van der Waals surface area (Å²) in [6, 6.07) is 16.6. The highest BCUT2D eigenvalue weighted by molar-refractivity contribution is 7.80. The summed E-state index contributed by atoms with van der Waals surface area (Å²) in [5, 5.41) is 3.63. The second-order valence-electron chi connectivity index (χ2n) is 6.21. The first-order chi connectivity index (χ1) is 12.6. The van der Waals surface area contributed by atoms with Gasteiger partial charge in [0.1, 0.15) is 11.6 Å². The van der Waals surface area contributed by atoms with Gasteiger partial charge in [-0.3, -0.25) is 0 Å². The van der Waals surface area contributed by atoms with Gasteiger partial charge in [-0.25, -0.2) is 8.78 Å². The van der Waals surface area contributed by atoms with Crippen molar-refractivity contribution >= 4 is 23.0 Å². The van der Waals surface area contributed by atoms with Crippen LogP contribution in [0.4, 0.5) is 14.5 Å². The highest BCUT2D eigenvalue weighted by Gasteiger charge is 2.30. The molecule has 1 atom stereocenters. The number of rotatable bonds is 2. The molecule has 1 aliphatic heterocycles. The zero-order chi connectivity index (χ0) is 18.1. The standard InChI is InChI=1S/C20H17F2N3S/c21-15-8-6-14(7-9-15)19-18-5-2-10-24(18)11-12-25(19)20(26)23-17-4-1-3-16(22)13-17/h1-10,13,19H,11-12H2,(H,23,26)/t19-/m0/s1. The van der Waals surface area contributed by atoms with Crippen molar-refractivity contribution in [2.45, 2.75) is 12.6 Å². The fourth-order valence-corrected chi connectivity index (χ4v) is 3.67. The van der Waals surface area contributed by atoms with E-state index in [9.17, 15) is 8.78 Å². The van der Waals surface area contributed by atoms with Gasteiger partial charge in [0.25, 0.3) is 0 Å². The second-order valence-corrected chi connectivity index (χ2v) is 6.60. The Morgan fingerprint density at radius 1 is 0.962 bits per heavy atom. The number of thiocarbonyl (C=S) groups is 1. The lowest BCUT2D eigenvalue weighted by atomic mass is 10.0. The lowest BCUT2D eigenvalue weighted by molar-refractivity contribution is 0.293. The van der Waals surface area contributed by atoms with E-state index in [0.717, 1.165) is 17.8 Å². The van der Waals surface area contributed by atoms with Crippen LogP contribution in [0.5, 0.6) is 0 Å². The van der Waals surface area contributed by atoms with Crippen LogP contribution in [0.2, 0.25) is 0 Å². The van der Waals surface area contributed by atoms with Crippen LogP contribution in [-0.4, -0.2) is 21.1 Å². The van der Waals surface area contributed by atoms with Crippen molar-refractivity contribution in [3.63, 3.8) is 0 Å². The van der Waals surface area contributed by atoms with Crippen molar-refractivity contribution in [2.24, 2.45) is 0 Å². The first-order valence-electron chi connectivity index (χ1n) is 8.35. The zero-order valence-electron chi connectivity index (χ0n) is 13.9. The molecule has 2 heterocycles. The lowest BCUT2D eigenvalue weighted by Crippen LogP contribution is -2.44. The molecular formula is C20H17F2N3S. The van der Waals surface area contributed by atoms with Crippen LogP contribution in [0, 0.1) is 11.6 Å². The van der Waals surface area contributed by atoms with Gasteiger partial charge in [0.2, 0.25) is 0 Å². The predicted molar refractivity (Wildman–Crippen MR) is 102 cm³/mol. The quantitative estimate of drug-likeness (QED) is 0.669. The monoisotopic (exact) mass is 369 g/mol. The maximum Gasteiger partial charge on any atom is 0.174 e. The largest absolute Gasteiger partial charge is 0.348 e. The van der Waals surface area contributed by atoms with Crippen LogP contribution in [-0.2, 0) is 6.54 Å². The van der Waals surface area contributed by atoms with Gasteiger partial charge in [-0.1, -0.05) is 18.2 Å². The Morgan fingerprint density at radius 3 is 2.54 bits per heavy atom. The van der Waals surface area contributed by atoms with Crippen molar-refractivity contribution in [1.82, 2.24) is 9.47 Å². The Balaban J connectivity index is 1.67. The number of hydrogen-bond donors (Lipinski definition) is 1. The van der Waals surface area contributed by atoms with Gasteiger partial charge in [0.15, 0.2) is 5.11 Å². The fraction of sp³-hybridized carbons (Fsp3) is 0.150. The van der Waals surface area contributed by atoms with E-state index in [-0.39, 0.29) is 17.7 Å². The molecule has 26 heavy (non-hydrogen) atoms. The molecule has 0 amide bonds. The highest BCUT2D eigenvalue weighted by atomic mass is 32.1. The molecule has 0 spiro atoms. The van der Waals surface area contributed by atoms with Gasteiger partial charge in [0.05, 0.1) is 6.04 Å². The third-order valence-corrected chi connectivity index (χ3v) is 4.90. The van der Waals surface area contributed by atoms with E-state index in [1.165, 1.54) is 24.3 Å². The Morgan fingerprint density at radius 2 is 1.77 bits per heavy atom. The second kappa shape index (κ2) is 6.88. The van der Waals surface area contributed by atoms with Crippen molar-refractivity contribution in [1.29, 1.82) is 0 Å². The van der Waals surface area contributed by atoms with Crippen LogP contribution in [0.1, 0.15) is 17.3 Å². The molecule has 0 aliphatic carbocycles. The highest BCUT2D eigenvalue weighted by Crippen LogP contribution is 2.33. The number of nitrogens with zero attached hydrogens (tertiary/aromatic N) is 2. The first kappa shape index (κ1) is 16.7. The summed E-state index contributed by atoms with van der Waals surface area (Å²) in [6.07, 6.45) is 2.03. The molecule has 2 aromatic carbocycles. The lowest BCUT2D eigenvalue weighted by Gasteiger charge is -2.39. The van der Waals surface area contributed by atoms with Gasteiger partial charge in [-0.15, -0.1) is 0 Å². The maximum absolute atomic E-state index is 13.5. The molecule has 0 saturated heterocycles. The van der Waals surface area contributed by atoms with E-state index in [2.05, 4.69) is 14.8 Å². The molecule has 132 valence electrons. The van der Waals surface area contributed by atoms with Gasteiger partial charge in [-0.05, 0) is 60.2 Å². The van der Waals surface area contributed by atoms with Gasteiger partial charge in [0, 0.05) is 30.7 Å². The molecule has 0 bridgehead atoms. The van der Waals surface area contributed by atoms with Crippen molar-refractivity contribution in [3.05, 3.63) is 89.8 Å². The van der Waals surface area contributed by atoms with Crippen molar-refractivity contribution < 1.29 is 8.78 Å². The predicted octanol–water partition coefficient (Wildman–Crippen LogP) is 4.57. The number of nitrogens with one attached hydrogen (secondary N) is 1. The Bertz CT molecular complexity index is 936. The minimum atomic E-state index is -0.319. The van der Waals surface area contributed by atoms with Gasteiger partial charge >= 0.3 is 0 Å². The molecule has 0 saturated carbocycles. The summed E-state index contributed by atoms with van der Waals surface area (Å²) >= 11 is 5.61. The van der Waals surface area contributed by atoms with E-state index < -0.39 is 0 Å². The summed E-state index contributed by atoms with van der Waals surface area (Å²) in [5.74, 6) is -0.590. The maximum atomic E-state index is 13.5. The van der Waals surface area contributed by atoms with E-state index in [0.29, 0.717) is 17.3 Å². The number of aromatic nitrogens is 1. The van der Waals surface area contributed by atoms with Gasteiger partial charge in [-0.2, -0.15) is 0 Å². The van der Waals surface area contributed by atoms with Gasteiger partial charge < -0.3 is 14.8 Å². The molecular weight excluding hydrogens is 352 g/mol. The number of fused-ring (bicyclic) bond motifs is 1. The third kappa shape index (κ3) is 3.20. The summed E-state index contributed by atoms with van der Waals surface area (Å²) in [6.45, 7) is 1.50. The Hall–Kier alpha value is -2.73. The number of benzene rings is 2. The third-order valence-electron chi connectivity index (χ3n) is 4.56. The van der Waals surface area contributed by atoms with Crippen LogP contribution in [0.15, 0.2) is 66.9 Å². The number of hydrogen-bond acceptors (Lipinski definition) is 1. The molecule has 0 unspecified atom stereocenters. The Kier molecular flexibility index (Phi) is 4.42. The average Bonchev–Trinajstić information content (AvgIpc) is 3.10. The van der Waals surface area contributed by atoms with Crippen molar-refractivity contribution in [3.8, 4) is 0 Å². The summed E-state index contributed by atoms with van der Waals surface area (Å²) in [7, 11) is 0. The van der Waals surface area contributed by atoms with Crippen LogP contribution < -0.4 is 5.32 Å². The molecule has 1 aromatic heterocycles. The molecule has 3 nitrogen and oxygen atoms in total. The zero-order valence-corrected chi connectivity index (χ0v) is 14.7. The minimum absolute atomic E-state index is 0.132. The SMILES string of the molecule is Fc1ccc([C@H]2c3cccn3CCN2C(=S)Nc2cccc(F)c2)cc1. The summed E-state index contributed by atoms with van der Waals surface area (Å²) < 4.78 is 29.0. The number of halogens is 2. The van der Waals surface area contributed by atoms with Crippen molar-refractivity contribution in [2.75, 3.05) is 11.9 Å². The van der Waals surface area contributed by atoms with Crippen LogP contribution in [0.3, 0.4) is 0 Å². The first-order valence-corrected chi connectivity index (χ1v) is 8.76. The van der Waals surface area contributed by atoms with E-state index in [4.69, 9.17) is 12.2 Å². The smallest absolute Gasteiger partial charge is 0.174 e. The summed E-state index contributed by atoms with van der Waals surface area (Å²) in [4.78, 5) is 2.06. The molecule has 0 radical (unpaired) electrons. The fourth-order valence-electron chi connectivity index (χ4n) is 3.36. The molecule has 1 aliphatic rings. The molecule has 0 fully saturated rings. The van der Waals surface area contributed by atoms with E-state index >= 15 is 0 Å². The van der Waals surface area contributed by atoms with E-state index in [1.807, 2.05) is 18.3 Å². The summed E-state index contributed by atoms with van der Waals surface area (Å²) in [5.41, 5.74) is 2.65. The van der Waals surface area contributed by atoms with Crippen LogP contribution >= 0.6 is 12.2 Å². The van der Waals surface area contributed by atoms with Crippen LogP contribution in [0.25, 0.3) is 0 Å². The average molecular weight is 369 g/mol. The normalized spacial score (nSPS) is 16.2. The van der Waals surface area contributed by atoms with E-state index in [1.54, 1.807) is 24.3 Å². The molecule has 3 aromatic rings. The minimum Gasteiger partial charge on any atom is -0.348 e. The Labute approximate surface area is 155 Å². The molecule has 6 heteroatoms.